The third kappa shape index (κ3) is 4.64. The monoisotopic (exact) mass is 328 g/mol. The van der Waals surface area contributed by atoms with Crippen molar-refractivity contribution >= 4 is 35.1 Å². The van der Waals surface area contributed by atoms with Crippen LogP contribution in [-0.4, -0.2) is 34.2 Å². The molecule has 21 heavy (non-hydrogen) atoms. The van der Waals surface area contributed by atoms with Gasteiger partial charge in [0.05, 0.1) is 0 Å². The van der Waals surface area contributed by atoms with E-state index in [0.29, 0.717) is 10.1 Å². The van der Waals surface area contributed by atoms with Crippen molar-refractivity contribution in [2.24, 2.45) is 0 Å². The zero-order chi connectivity index (χ0) is 15.2. The van der Waals surface area contributed by atoms with Gasteiger partial charge >= 0.3 is 12.0 Å². The van der Waals surface area contributed by atoms with E-state index < -0.39 is 18.0 Å². The molecule has 2 amide bonds. The minimum Gasteiger partial charge on any atom is -0.479 e. The zero-order valence-electron chi connectivity index (χ0n) is 11.9. The minimum atomic E-state index is -1.04. The molecule has 1 aromatic heterocycles. The number of carboxylic acid groups (broad SMARTS) is 1. The lowest BCUT2D eigenvalue weighted by Crippen LogP contribution is -2.44. The van der Waals surface area contributed by atoms with Crippen LogP contribution in [0.2, 0.25) is 0 Å². The Labute approximate surface area is 132 Å². The van der Waals surface area contributed by atoms with Gasteiger partial charge in [-0.25, -0.2) is 9.59 Å². The van der Waals surface area contributed by atoms with Crippen molar-refractivity contribution in [3.63, 3.8) is 0 Å². The standard InChI is InChI=1S/C14H20N2O3S2/c1-2-20-10-6-5-9(8-10)15-14(19)16-12(13(17)18)11-4-3-7-21-11/h3-4,7,9-10,12H,2,5-6,8H2,1H3,(H,17,18)(H2,15,16,19). The minimum absolute atomic E-state index is 0.145. The topological polar surface area (TPSA) is 78.4 Å². The maximum Gasteiger partial charge on any atom is 0.331 e. The van der Waals surface area contributed by atoms with E-state index in [9.17, 15) is 14.7 Å². The molecule has 0 aliphatic heterocycles. The number of amides is 2. The van der Waals surface area contributed by atoms with E-state index in [-0.39, 0.29) is 6.04 Å². The van der Waals surface area contributed by atoms with Gasteiger partial charge < -0.3 is 15.7 Å². The first-order chi connectivity index (χ1) is 10.1. The van der Waals surface area contributed by atoms with Crippen molar-refractivity contribution in [1.82, 2.24) is 10.6 Å². The Kier molecular flexibility index (Phi) is 5.93. The van der Waals surface area contributed by atoms with Gasteiger partial charge in [0.2, 0.25) is 0 Å². The van der Waals surface area contributed by atoms with Crippen LogP contribution in [0.5, 0.6) is 0 Å². The van der Waals surface area contributed by atoms with Crippen molar-refractivity contribution in [3.8, 4) is 0 Å². The number of carboxylic acids is 1. The fourth-order valence-corrected chi connectivity index (χ4v) is 4.44. The number of hydrogen-bond donors (Lipinski definition) is 3. The molecule has 7 heteroatoms. The van der Waals surface area contributed by atoms with Gasteiger partial charge in [0.25, 0.3) is 0 Å². The number of hydrogen-bond acceptors (Lipinski definition) is 4. The van der Waals surface area contributed by atoms with Crippen molar-refractivity contribution in [2.75, 3.05) is 5.75 Å². The quantitative estimate of drug-likeness (QED) is 0.750. The van der Waals surface area contributed by atoms with Crippen LogP contribution in [0.3, 0.4) is 0 Å². The lowest BCUT2D eigenvalue weighted by Gasteiger charge is -2.17. The SMILES string of the molecule is CCSC1CCC(NC(=O)NC(C(=O)O)c2cccs2)C1. The molecule has 1 heterocycles. The van der Waals surface area contributed by atoms with Crippen LogP contribution in [0.25, 0.3) is 0 Å². The molecule has 0 spiro atoms. The summed E-state index contributed by atoms with van der Waals surface area (Å²) in [6, 6.07) is 2.26. The van der Waals surface area contributed by atoms with E-state index in [1.807, 2.05) is 11.8 Å². The second-order valence-electron chi connectivity index (χ2n) is 4.99. The maximum atomic E-state index is 12.0. The van der Waals surface area contributed by atoms with Crippen LogP contribution in [0.4, 0.5) is 4.79 Å². The summed E-state index contributed by atoms with van der Waals surface area (Å²) >= 11 is 3.25. The molecule has 5 nitrogen and oxygen atoms in total. The molecule has 0 radical (unpaired) electrons. The van der Waals surface area contributed by atoms with E-state index in [1.54, 1.807) is 17.5 Å². The smallest absolute Gasteiger partial charge is 0.331 e. The average molecular weight is 328 g/mol. The van der Waals surface area contributed by atoms with Crippen LogP contribution in [0, 0.1) is 0 Å². The molecule has 3 unspecified atom stereocenters. The van der Waals surface area contributed by atoms with Gasteiger partial charge in [-0.2, -0.15) is 11.8 Å². The molecule has 1 aliphatic carbocycles. The van der Waals surface area contributed by atoms with E-state index >= 15 is 0 Å². The summed E-state index contributed by atoms with van der Waals surface area (Å²) in [4.78, 5) is 23.9. The summed E-state index contributed by atoms with van der Waals surface area (Å²) in [5, 5.41) is 17.1. The first kappa shape index (κ1) is 16.2. The van der Waals surface area contributed by atoms with Crippen LogP contribution in [0.1, 0.15) is 37.1 Å². The number of thiophene rings is 1. The third-order valence-corrected chi connectivity index (χ3v) is 5.64. The summed E-state index contributed by atoms with van der Waals surface area (Å²) < 4.78 is 0. The van der Waals surface area contributed by atoms with Crippen LogP contribution in [0.15, 0.2) is 17.5 Å². The number of nitrogens with one attached hydrogen (secondary N) is 2. The summed E-state index contributed by atoms with van der Waals surface area (Å²) in [5.41, 5.74) is 0. The fourth-order valence-electron chi connectivity index (χ4n) is 2.53. The van der Waals surface area contributed by atoms with E-state index in [1.165, 1.54) is 11.3 Å². The predicted molar refractivity (Wildman–Crippen MR) is 85.9 cm³/mol. The molecule has 1 aromatic rings. The summed E-state index contributed by atoms with van der Waals surface area (Å²) in [6.45, 7) is 2.14. The largest absolute Gasteiger partial charge is 0.479 e. The summed E-state index contributed by atoms with van der Waals surface area (Å²) in [6.07, 6.45) is 3.03. The summed E-state index contributed by atoms with van der Waals surface area (Å²) in [7, 11) is 0. The molecular weight excluding hydrogens is 308 g/mol. The molecule has 3 atom stereocenters. The average Bonchev–Trinajstić information content (AvgIpc) is 3.08. The molecule has 1 saturated carbocycles. The lowest BCUT2D eigenvalue weighted by atomic mass is 10.2. The van der Waals surface area contributed by atoms with Gasteiger partial charge in [-0.15, -0.1) is 11.3 Å². The number of rotatable bonds is 6. The highest BCUT2D eigenvalue weighted by Gasteiger charge is 2.28. The number of carbonyl (C=O) groups is 2. The summed E-state index contributed by atoms with van der Waals surface area (Å²) in [5.74, 6) is 0.0432. The highest BCUT2D eigenvalue weighted by molar-refractivity contribution is 7.99. The van der Waals surface area contributed by atoms with E-state index in [4.69, 9.17) is 0 Å². The van der Waals surface area contributed by atoms with Crippen LogP contribution >= 0.6 is 23.1 Å². The third-order valence-electron chi connectivity index (χ3n) is 3.47. The first-order valence-corrected chi connectivity index (χ1v) is 8.97. The highest BCUT2D eigenvalue weighted by atomic mass is 32.2. The molecule has 3 N–H and O–H groups in total. The molecule has 116 valence electrons. The molecule has 0 aromatic carbocycles. The van der Waals surface area contributed by atoms with Gasteiger partial charge in [0.1, 0.15) is 0 Å². The van der Waals surface area contributed by atoms with Gasteiger partial charge in [-0.3, -0.25) is 0 Å². The Morgan fingerprint density at radius 3 is 2.95 bits per heavy atom. The van der Waals surface area contributed by atoms with Crippen LogP contribution in [-0.2, 0) is 4.79 Å². The zero-order valence-corrected chi connectivity index (χ0v) is 13.5. The fraction of sp³-hybridized carbons (Fsp3) is 0.571. The Balaban J connectivity index is 1.85. The number of aliphatic carboxylic acids is 1. The number of carbonyl (C=O) groups excluding carboxylic acids is 1. The van der Waals surface area contributed by atoms with Gasteiger partial charge in [-0.1, -0.05) is 13.0 Å². The second-order valence-corrected chi connectivity index (χ2v) is 7.55. The second kappa shape index (κ2) is 7.70. The van der Waals surface area contributed by atoms with Crippen molar-refractivity contribution in [3.05, 3.63) is 22.4 Å². The van der Waals surface area contributed by atoms with Gasteiger partial charge in [0.15, 0.2) is 6.04 Å². The van der Waals surface area contributed by atoms with Gasteiger partial charge in [0, 0.05) is 16.2 Å². The Morgan fingerprint density at radius 2 is 2.33 bits per heavy atom. The van der Waals surface area contributed by atoms with Gasteiger partial charge in [-0.05, 0) is 36.5 Å². The molecule has 1 fully saturated rings. The Morgan fingerprint density at radius 1 is 1.52 bits per heavy atom. The van der Waals surface area contributed by atoms with Crippen molar-refractivity contribution in [1.29, 1.82) is 0 Å². The Hall–Kier alpha value is -1.21. The highest BCUT2D eigenvalue weighted by Crippen LogP contribution is 2.29. The number of thioether (sulfide) groups is 1. The predicted octanol–water partition coefficient (Wildman–Crippen LogP) is 2.85. The van der Waals surface area contributed by atoms with Crippen LogP contribution < -0.4 is 10.6 Å². The molecule has 0 bridgehead atoms. The lowest BCUT2D eigenvalue weighted by molar-refractivity contribution is -0.139. The van der Waals surface area contributed by atoms with Crippen molar-refractivity contribution < 1.29 is 14.7 Å². The van der Waals surface area contributed by atoms with Crippen molar-refractivity contribution in [2.45, 2.75) is 43.5 Å². The normalized spacial score (nSPS) is 22.7. The molecule has 0 saturated heterocycles. The number of urea groups is 1. The first-order valence-electron chi connectivity index (χ1n) is 7.05. The molecule has 2 rings (SSSR count). The maximum absolute atomic E-state index is 12.0. The Bertz CT molecular complexity index is 479. The van der Waals surface area contributed by atoms with E-state index in [2.05, 4.69) is 17.6 Å². The molecule has 1 aliphatic rings. The van der Waals surface area contributed by atoms with E-state index in [0.717, 1.165) is 25.0 Å². The molecular formula is C14H20N2O3S2.